The molecule has 2 rings (SSSR count). The summed E-state index contributed by atoms with van der Waals surface area (Å²) in [5.41, 5.74) is 4.93. The van der Waals surface area contributed by atoms with Gasteiger partial charge in [-0.25, -0.2) is 9.18 Å². The molecule has 1 aliphatic rings. The van der Waals surface area contributed by atoms with E-state index in [0.717, 1.165) is 6.07 Å². The number of amides is 1. The Morgan fingerprint density at radius 3 is 2.84 bits per heavy atom. The van der Waals surface area contributed by atoms with Crippen molar-refractivity contribution in [3.63, 3.8) is 0 Å². The van der Waals surface area contributed by atoms with Gasteiger partial charge in [-0.15, -0.1) is 0 Å². The normalized spacial score (nSPS) is 19.2. The molecule has 1 unspecified atom stereocenters. The molecule has 102 valence electrons. The first-order chi connectivity index (χ1) is 9.02. The van der Waals surface area contributed by atoms with E-state index in [4.69, 9.17) is 15.6 Å². The molecule has 1 aromatic rings. The monoisotopic (exact) mass is 268 g/mol. The van der Waals surface area contributed by atoms with E-state index in [9.17, 15) is 14.0 Å². The van der Waals surface area contributed by atoms with Gasteiger partial charge in [0.05, 0.1) is 18.9 Å². The van der Waals surface area contributed by atoms with Crippen LogP contribution in [-0.2, 0) is 9.53 Å². The lowest BCUT2D eigenvalue weighted by Gasteiger charge is -2.36. The number of ether oxygens (including phenoxy) is 1. The summed E-state index contributed by atoms with van der Waals surface area (Å²) in [4.78, 5) is 24.0. The van der Waals surface area contributed by atoms with E-state index in [0.29, 0.717) is 6.61 Å². The Kier molecular flexibility index (Phi) is 3.66. The highest BCUT2D eigenvalue weighted by Crippen LogP contribution is 2.26. The van der Waals surface area contributed by atoms with Crippen molar-refractivity contribution >= 4 is 17.6 Å². The van der Waals surface area contributed by atoms with Crippen LogP contribution in [0.15, 0.2) is 18.2 Å². The Balaban J connectivity index is 2.47. The first-order valence-corrected chi connectivity index (χ1v) is 5.68. The highest BCUT2D eigenvalue weighted by atomic mass is 19.1. The quantitative estimate of drug-likeness (QED) is 0.817. The Bertz CT molecular complexity index is 520. The number of benzene rings is 1. The van der Waals surface area contributed by atoms with Gasteiger partial charge in [0.1, 0.15) is 17.4 Å². The van der Waals surface area contributed by atoms with Gasteiger partial charge in [-0.3, -0.25) is 4.79 Å². The molecular formula is C12H13FN2O4. The van der Waals surface area contributed by atoms with Crippen LogP contribution in [0.25, 0.3) is 0 Å². The third kappa shape index (κ3) is 2.50. The zero-order chi connectivity index (χ0) is 14.0. The van der Waals surface area contributed by atoms with E-state index < -0.39 is 29.3 Å². The summed E-state index contributed by atoms with van der Waals surface area (Å²) in [5.74, 6) is -2.87. The standard InChI is InChI=1S/C12H13FN2O4/c13-7-2-1-3-8(10(7)12(17)18)15-4-5-19-6-9(15)11(14)16/h1-3,9H,4-6H2,(H2,14,16)(H,17,18). The van der Waals surface area contributed by atoms with Crippen molar-refractivity contribution in [1.82, 2.24) is 0 Å². The van der Waals surface area contributed by atoms with E-state index in [1.807, 2.05) is 0 Å². The summed E-state index contributed by atoms with van der Waals surface area (Å²) < 4.78 is 18.8. The van der Waals surface area contributed by atoms with Gasteiger partial charge in [-0.2, -0.15) is 0 Å². The minimum absolute atomic E-state index is 0.0604. The molecule has 1 fully saturated rings. The molecule has 1 aliphatic heterocycles. The molecule has 1 heterocycles. The molecule has 3 N–H and O–H groups in total. The summed E-state index contributed by atoms with van der Waals surface area (Å²) in [6.07, 6.45) is 0. The van der Waals surface area contributed by atoms with Crippen molar-refractivity contribution in [1.29, 1.82) is 0 Å². The van der Waals surface area contributed by atoms with Gasteiger partial charge in [-0.05, 0) is 12.1 Å². The second-order valence-electron chi connectivity index (χ2n) is 4.13. The van der Waals surface area contributed by atoms with Crippen molar-refractivity contribution in [3.05, 3.63) is 29.6 Å². The van der Waals surface area contributed by atoms with Crippen LogP contribution < -0.4 is 10.6 Å². The highest BCUT2D eigenvalue weighted by molar-refractivity contribution is 5.96. The van der Waals surface area contributed by atoms with Gasteiger partial charge < -0.3 is 20.5 Å². The molecule has 0 aromatic heterocycles. The number of halogens is 1. The van der Waals surface area contributed by atoms with Crippen LogP contribution in [0.5, 0.6) is 0 Å². The SMILES string of the molecule is NC(=O)C1COCCN1c1cccc(F)c1C(=O)O. The Morgan fingerprint density at radius 1 is 1.47 bits per heavy atom. The largest absolute Gasteiger partial charge is 0.478 e. The highest BCUT2D eigenvalue weighted by Gasteiger charge is 2.31. The molecule has 19 heavy (non-hydrogen) atoms. The first-order valence-electron chi connectivity index (χ1n) is 5.68. The molecule has 0 bridgehead atoms. The molecule has 0 radical (unpaired) electrons. The summed E-state index contributed by atoms with van der Waals surface area (Å²) >= 11 is 0. The number of hydrogen-bond donors (Lipinski definition) is 2. The van der Waals surface area contributed by atoms with Crippen LogP contribution in [-0.4, -0.2) is 42.8 Å². The Hall–Kier alpha value is -2.15. The number of carbonyl (C=O) groups is 2. The average molecular weight is 268 g/mol. The number of morpholine rings is 1. The third-order valence-electron chi connectivity index (χ3n) is 2.97. The maximum Gasteiger partial charge on any atom is 0.340 e. The number of carboxylic acids is 1. The fourth-order valence-corrected chi connectivity index (χ4v) is 2.09. The van der Waals surface area contributed by atoms with E-state index in [-0.39, 0.29) is 18.8 Å². The van der Waals surface area contributed by atoms with Gasteiger partial charge in [-0.1, -0.05) is 6.07 Å². The van der Waals surface area contributed by atoms with Crippen LogP contribution in [0.2, 0.25) is 0 Å². The topological polar surface area (TPSA) is 92.9 Å². The van der Waals surface area contributed by atoms with Crippen LogP contribution in [0, 0.1) is 5.82 Å². The number of carbonyl (C=O) groups excluding carboxylic acids is 1. The summed E-state index contributed by atoms with van der Waals surface area (Å²) in [6.45, 7) is 0.654. The maximum atomic E-state index is 13.6. The van der Waals surface area contributed by atoms with Crippen LogP contribution in [0.3, 0.4) is 0 Å². The Labute approximate surface area is 108 Å². The number of anilines is 1. The molecular weight excluding hydrogens is 255 g/mol. The van der Waals surface area contributed by atoms with Gasteiger partial charge in [0, 0.05) is 6.54 Å². The summed E-state index contributed by atoms with van der Waals surface area (Å²) in [6, 6.07) is 3.11. The average Bonchev–Trinajstić information content (AvgIpc) is 2.37. The molecule has 0 saturated carbocycles. The first kappa shape index (κ1) is 13.3. The predicted octanol–water partition coefficient (Wildman–Crippen LogP) is 0.214. The summed E-state index contributed by atoms with van der Waals surface area (Å²) in [5, 5.41) is 9.09. The zero-order valence-corrected chi connectivity index (χ0v) is 10.0. The van der Waals surface area contributed by atoms with Gasteiger partial charge >= 0.3 is 5.97 Å². The maximum absolute atomic E-state index is 13.6. The van der Waals surface area contributed by atoms with Gasteiger partial charge in [0.25, 0.3) is 0 Å². The van der Waals surface area contributed by atoms with Crippen molar-refractivity contribution < 1.29 is 23.8 Å². The molecule has 7 heteroatoms. The fraction of sp³-hybridized carbons (Fsp3) is 0.333. The number of primary amides is 1. The summed E-state index contributed by atoms with van der Waals surface area (Å²) in [7, 11) is 0. The fourth-order valence-electron chi connectivity index (χ4n) is 2.09. The van der Waals surface area contributed by atoms with Gasteiger partial charge in [0.2, 0.25) is 5.91 Å². The lowest BCUT2D eigenvalue weighted by molar-refractivity contribution is -0.121. The number of nitrogens with two attached hydrogens (primary N) is 1. The van der Waals surface area contributed by atoms with Crippen molar-refractivity contribution in [2.75, 3.05) is 24.7 Å². The second-order valence-corrected chi connectivity index (χ2v) is 4.13. The number of rotatable bonds is 3. The zero-order valence-electron chi connectivity index (χ0n) is 10.0. The molecule has 0 aliphatic carbocycles. The van der Waals surface area contributed by atoms with E-state index in [2.05, 4.69) is 0 Å². The molecule has 1 atom stereocenters. The minimum Gasteiger partial charge on any atom is -0.478 e. The second kappa shape index (κ2) is 5.23. The molecule has 1 aromatic carbocycles. The lowest BCUT2D eigenvalue weighted by atomic mass is 10.1. The number of hydrogen-bond acceptors (Lipinski definition) is 4. The van der Waals surface area contributed by atoms with Crippen molar-refractivity contribution in [2.45, 2.75) is 6.04 Å². The molecule has 1 saturated heterocycles. The van der Waals surface area contributed by atoms with E-state index in [1.165, 1.54) is 17.0 Å². The van der Waals surface area contributed by atoms with Crippen LogP contribution in [0.1, 0.15) is 10.4 Å². The van der Waals surface area contributed by atoms with Crippen molar-refractivity contribution in [3.8, 4) is 0 Å². The number of carboxylic acid groups (broad SMARTS) is 1. The molecule has 1 amide bonds. The lowest BCUT2D eigenvalue weighted by Crippen LogP contribution is -2.53. The molecule has 6 nitrogen and oxygen atoms in total. The predicted molar refractivity (Wildman–Crippen MR) is 64.5 cm³/mol. The van der Waals surface area contributed by atoms with Gasteiger partial charge in [0.15, 0.2) is 0 Å². The third-order valence-corrected chi connectivity index (χ3v) is 2.97. The Morgan fingerprint density at radius 2 is 2.21 bits per heavy atom. The smallest absolute Gasteiger partial charge is 0.340 e. The number of aromatic carboxylic acids is 1. The number of nitrogens with zero attached hydrogens (tertiary/aromatic N) is 1. The van der Waals surface area contributed by atoms with E-state index >= 15 is 0 Å². The van der Waals surface area contributed by atoms with Crippen LogP contribution >= 0.6 is 0 Å². The molecule has 0 spiro atoms. The van der Waals surface area contributed by atoms with Crippen LogP contribution in [0.4, 0.5) is 10.1 Å². The van der Waals surface area contributed by atoms with Crippen molar-refractivity contribution in [2.24, 2.45) is 5.73 Å². The van der Waals surface area contributed by atoms with E-state index in [1.54, 1.807) is 0 Å². The minimum atomic E-state index is -1.39.